The van der Waals surface area contributed by atoms with Crippen LogP contribution in [0.15, 0.2) is 41.0 Å². The molecule has 0 amide bonds. The first kappa shape index (κ1) is 11.8. The molecule has 0 radical (unpaired) electrons. The highest BCUT2D eigenvalue weighted by Crippen LogP contribution is 2.48. The summed E-state index contributed by atoms with van der Waals surface area (Å²) in [5.41, 5.74) is 2.72. The number of benzene rings is 1. The van der Waals surface area contributed by atoms with Crippen LogP contribution in [-0.2, 0) is 17.6 Å². The molecule has 0 saturated heterocycles. The van der Waals surface area contributed by atoms with Crippen molar-refractivity contribution in [2.24, 2.45) is 5.92 Å². The standard InChI is InChI=1S/C17H16O3/c18-17(15-10-14(15)16-5-2-8-19-16)20-13-7-6-11-3-1-4-12(11)9-13/h2,5-9,14-15H,1,3-4,10H2/t14-,15+/m1/s1. The molecule has 1 heterocycles. The fourth-order valence-electron chi connectivity index (χ4n) is 3.08. The van der Waals surface area contributed by atoms with E-state index in [1.807, 2.05) is 24.3 Å². The van der Waals surface area contributed by atoms with Gasteiger partial charge in [0, 0.05) is 5.92 Å². The van der Waals surface area contributed by atoms with Crippen LogP contribution in [0.5, 0.6) is 5.75 Å². The van der Waals surface area contributed by atoms with Crippen molar-refractivity contribution < 1.29 is 13.9 Å². The highest BCUT2D eigenvalue weighted by Gasteiger charge is 2.47. The van der Waals surface area contributed by atoms with E-state index >= 15 is 0 Å². The average Bonchev–Trinajstić information content (AvgIpc) is 2.89. The molecule has 0 bridgehead atoms. The first-order valence-corrected chi connectivity index (χ1v) is 7.18. The Labute approximate surface area is 117 Å². The van der Waals surface area contributed by atoms with Gasteiger partial charge in [0.05, 0.1) is 12.2 Å². The molecular formula is C17H16O3. The Balaban J connectivity index is 1.44. The Hall–Kier alpha value is -2.03. The Morgan fingerprint density at radius 2 is 2.10 bits per heavy atom. The molecule has 3 nitrogen and oxygen atoms in total. The summed E-state index contributed by atoms with van der Waals surface area (Å²) in [6.07, 6.45) is 5.93. The van der Waals surface area contributed by atoms with Gasteiger partial charge >= 0.3 is 5.97 Å². The van der Waals surface area contributed by atoms with Gasteiger partial charge in [0.1, 0.15) is 11.5 Å². The molecule has 3 heteroatoms. The second-order valence-electron chi connectivity index (χ2n) is 5.67. The van der Waals surface area contributed by atoms with Crippen LogP contribution in [0.25, 0.3) is 0 Å². The minimum absolute atomic E-state index is 0.0468. The molecule has 0 aliphatic heterocycles. The maximum Gasteiger partial charge on any atom is 0.315 e. The van der Waals surface area contributed by atoms with Gasteiger partial charge in [-0.25, -0.2) is 0 Å². The number of furan rings is 1. The predicted molar refractivity (Wildman–Crippen MR) is 73.7 cm³/mol. The SMILES string of the molecule is O=C(Oc1ccc2c(c1)CCC2)[C@H]1C[C@H]1c1ccco1. The predicted octanol–water partition coefficient (Wildman–Crippen LogP) is 3.48. The van der Waals surface area contributed by atoms with Gasteiger partial charge in [0.25, 0.3) is 0 Å². The number of fused-ring (bicyclic) bond motifs is 1. The summed E-state index contributed by atoms with van der Waals surface area (Å²) in [5, 5.41) is 0. The van der Waals surface area contributed by atoms with Crippen molar-refractivity contribution in [3.05, 3.63) is 53.5 Å². The molecule has 1 aromatic heterocycles. The van der Waals surface area contributed by atoms with Crippen LogP contribution in [0.4, 0.5) is 0 Å². The number of carbonyl (C=O) groups excluding carboxylic acids is 1. The van der Waals surface area contributed by atoms with Gasteiger partial charge in [0.15, 0.2) is 0 Å². The molecule has 2 aliphatic carbocycles. The van der Waals surface area contributed by atoms with E-state index in [0.717, 1.165) is 25.0 Å². The van der Waals surface area contributed by atoms with Crippen molar-refractivity contribution in [2.75, 3.05) is 0 Å². The molecule has 20 heavy (non-hydrogen) atoms. The van der Waals surface area contributed by atoms with Crippen LogP contribution >= 0.6 is 0 Å². The second kappa shape index (κ2) is 4.51. The smallest absolute Gasteiger partial charge is 0.315 e. The number of esters is 1. The summed E-state index contributed by atoms with van der Waals surface area (Å²) in [7, 11) is 0. The molecule has 4 rings (SSSR count). The molecule has 0 unspecified atom stereocenters. The summed E-state index contributed by atoms with van der Waals surface area (Å²) in [4.78, 5) is 12.1. The maximum atomic E-state index is 12.1. The normalized spacial score (nSPS) is 23.4. The van der Waals surface area contributed by atoms with Crippen molar-refractivity contribution in [1.82, 2.24) is 0 Å². The zero-order chi connectivity index (χ0) is 13.5. The van der Waals surface area contributed by atoms with E-state index in [1.54, 1.807) is 6.26 Å². The number of ether oxygens (including phenoxy) is 1. The van der Waals surface area contributed by atoms with E-state index in [4.69, 9.17) is 9.15 Å². The molecule has 2 aromatic rings. The minimum Gasteiger partial charge on any atom is -0.469 e. The molecule has 2 aliphatic rings. The van der Waals surface area contributed by atoms with Crippen LogP contribution < -0.4 is 4.74 Å². The highest BCUT2D eigenvalue weighted by molar-refractivity contribution is 5.79. The molecule has 1 saturated carbocycles. The lowest BCUT2D eigenvalue weighted by Gasteiger charge is -2.06. The fourth-order valence-corrected chi connectivity index (χ4v) is 3.08. The molecule has 0 N–H and O–H groups in total. The summed E-state index contributed by atoms with van der Waals surface area (Å²) in [6, 6.07) is 9.79. The third-order valence-electron chi connectivity index (χ3n) is 4.29. The molecule has 0 spiro atoms. The third-order valence-corrected chi connectivity index (χ3v) is 4.29. The van der Waals surface area contributed by atoms with E-state index in [0.29, 0.717) is 5.75 Å². The van der Waals surface area contributed by atoms with Crippen LogP contribution in [-0.4, -0.2) is 5.97 Å². The van der Waals surface area contributed by atoms with E-state index in [2.05, 4.69) is 6.07 Å². The van der Waals surface area contributed by atoms with Crippen molar-refractivity contribution in [3.8, 4) is 5.75 Å². The first-order valence-electron chi connectivity index (χ1n) is 7.18. The van der Waals surface area contributed by atoms with E-state index in [9.17, 15) is 4.79 Å². The van der Waals surface area contributed by atoms with Gasteiger partial charge in [-0.05, 0) is 61.1 Å². The summed E-state index contributed by atoms with van der Waals surface area (Å²) < 4.78 is 10.9. The lowest BCUT2D eigenvalue weighted by Crippen LogP contribution is -2.11. The third kappa shape index (κ3) is 2.03. The van der Waals surface area contributed by atoms with Crippen LogP contribution in [0, 0.1) is 5.92 Å². The largest absolute Gasteiger partial charge is 0.469 e. The molecule has 2 atom stereocenters. The lowest BCUT2D eigenvalue weighted by atomic mass is 10.1. The minimum atomic E-state index is -0.135. The Morgan fingerprint density at radius 1 is 1.20 bits per heavy atom. The molecule has 102 valence electrons. The van der Waals surface area contributed by atoms with E-state index < -0.39 is 0 Å². The number of rotatable bonds is 3. The maximum absolute atomic E-state index is 12.1. The van der Waals surface area contributed by atoms with Crippen molar-refractivity contribution in [3.63, 3.8) is 0 Å². The van der Waals surface area contributed by atoms with Crippen molar-refractivity contribution in [1.29, 1.82) is 0 Å². The fraction of sp³-hybridized carbons (Fsp3) is 0.353. The molecule has 1 fully saturated rings. The Morgan fingerprint density at radius 3 is 2.95 bits per heavy atom. The lowest BCUT2D eigenvalue weighted by molar-refractivity contribution is -0.136. The number of hydrogen-bond acceptors (Lipinski definition) is 3. The van der Waals surface area contributed by atoms with Gasteiger partial charge in [-0.2, -0.15) is 0 Å². The first-order chi connectivity index (χ1) is 9.81. The Kier molecular flexibility index (Phi) is 2.66. The van der Waals surface area contributed by atoms with Crippen LogP contribution in [0.1, 0.15) is 35.6 Å². The van der Waals surface area contributed by atoms with Gasteiger partial charge in [0.2, 0.25) is 0 Å². The van der Waals surface area contributed by atoms with E-state index in [-0.39, 0.29) is 17.8 Å². The molecule has 1 aromatic carbocycles. The number of hydrogen-bond donors (Lipinski definition) is 0. The van der Waals surface area contributed by atoms with Gasteiger partial charge in [-0.15, -0.1) is 0 Å². The second-order valence-corrected chi connectivity index (χ2v) is 5.67. The monoisotopic (exact) mass is 268 g/mol. The topological polar surface area (TPSA) is 39.4 Å². The van der Waals surface area contributed by atoms with Gasteiger partial charge in [-0.1, -0.05) is 6.07 Å². The quantitative estimate of drug-likeness (QED) is 0.632. The van der Waals surface area contributed by atoms with Crippen molar-refractivity contribution >= 4 is 5.97 Å². The van der Waals surface area contributed by atoms with Crippen molar-refractivity contribution in [2.45, 2.75) is 31.6 Å². The van der Waals surface area contributed by atoms with Crippen LogP contribution in [0.2, 0.25) is 0 Å². The number of aryl methyl sites for hydroxylation is 2. The van der Waals surface area contributed by atoms with Crippen LogP contribution in [0.3, 0.4) is 0 Å². The zero-order valence-electron chi connectivity index (χ0n) is 11.2. The summed E-state index contributed by atoms with van der Waals surface area (Å²) in [6.45, 7) is 0. The van der Waals surface area contributed by atoms with Gasteiger partial charge < -0.3 is 9.15 Å². The Bertz CT molecular complexity index is 642. The van der Waals surface area contributed by atoms with E-state index in [1.165, 1.54) is 17.5 Å². The zero-order valence-corrected chi connectivity index (χ0v) is 11.2. The average molecular weight is 268 g/mol. The van der Waals surface area contributed by atoms with Gasteiger partial charge in [-0.3, -0.25) is 4.79 Å². The summed E-state index contributed by atoms with van der Waals surface area (Å²) in [5.74, 6) is 1.59. The highest BCUT2D eigenvalue weighted by atomic mass is 16.5. The molecular weight excluding hydrogens is 252 g/mol. The number of carbonyl (C=O) groups is 1. The summed E-state index contributed by atoms with van der Waals surface area (Å²) >= 11 is 0.